The van der Waals surface area contributed by atoms with Crippen molar-refractivity contribution in [3.63, 3.8) is 0 Å². The lowest BCUT2D eigenvalue weighted by molar-refractivity contribution is -0.139. The highest BCUT2D eigenvalue weighted by Crippen LogP contribution is 2.27. The minimum atomic E-state index is -0.788. The predicted octanol–water partition coefficient (Wildman–Crippen LogP) is 2.28. The Bertz CT molecular complexity index is 306. The molecule has 0 aliphatic carbocycles. The zero-order chi connectivity index (χ0) is 10.0. The quantitative estimate of drug-likeness (QED) is 0.812. The fraction of sp³-hybridized carbons (Fsp3) is 0.556. The molecular formula is C9H13NO2S. The summed E-state index contributed by atoms with van der Waals surface area (Å²) < 4.78 is 0. The van der Waals surface area contributed by atoms with Crippen molar-refractivity contribution in [2.24, 2.45) is 5.92 Å². The molecule has 0 fully saturated rings. The number of hydrogen-bond acceptors (Lipinski definition) is 3. The van der Waals surface area contributed by atoms with Gasteiger partial charge in [0, 0.05) is 11.1 Å². The minimum absolute atomic E-state index is 0.0862. The molecule has 0 aromatic carbocycles. The Balaban J connectivity index is 2.95. The molecule has 0 aliphatic rings. The summed E-state index contributed by atoms with van der Waals surface area (Å²) in [5, 5.41) is 11.6. The van der Waals surface area contributed by atoms with E-state index in [9.17, 15) is 4.79 Å². The van der Waals surface area contributed by atoms with Crippen molar-refractivity contribution in [1.29, 1.82) is 0 Å². The lowest BCUT2D eigenvalue weighted by Gasteiger charge is -2.12. The predicted molar refractivity (Wildman–Crippen MR) is 52.1 cm³/mol. The summed E-state index contributed by atoms with van der Waals surface area (Å²) in [5.41, 5.74) is 0.895. The Morgan fingerprint density at radius 3 is 2.54 bits per heavy atom. The van der Waals surface area contributed by atoms with Crippen LogP contribution in [0.25, 0.3) is 0 Å². The van der Waals surface area contributed by atoms with Gasteiger partial charge in [0.2, 0.25) is 0 Å². The molecule has 1 heterocycles. The van der Waals surface area contributed by atoms with Crippen molar-refractivity contribution in [2.45, 2.75) is 26.7 Å². The van der Waals surface area contributed by atoms with Gasteiger partial charge >= 0.3 is 5.97 Å². The summed E-state index contributed by atoms with van der Waals surface area (Å²) in [4.78, 5) is 15.1. The molecule has 0 saturated carbocycles. The Kier molecular flexibility index (Phi) is 3.03. The van der Waals surface area contributed by atoms with Crippen LogP contribution in [0.2, 0.25) is 0 Å². The number of hydrogen-bond donors (Lipinski definition) is 1. The fourth-order valence-corrected chi connectivity index (χ4v) is 2.25. The van der Waals surface area contributed by atoms with E-state index in [4.69, 9.17) is 5.11 Å². The van der Waals surface area contributed by atoms with E-state index in [1.54, 1.807) is 0 Å². The SMILES string of the molecule is Cc1csc(C(C(=O)O)C(C)C)n1. The molecule has 0 bridgehead atoms. The first kappa shape index (κ1) is 10.2. The maximum absolute atomic E-state index is 10.9. The molecule has 13 heavy (non-hydrogen) atoms. The Morgan fingerprint density at radius 2 is 2.23 bits per heavy atom. The van der Waals surface area contributed by atoms with Gasteiger partial charge in [-0.1, -0.05) is 13.8 Å². The van der Waals surface area contributed by atoms with Gasteiger partial charge in [0.15, 0.2) is 0 Å². The van der Waals surface area contributed by atoms with Crippen molar-refractivity contribution in [3.8, 4) is 0 Å². The van der Waals surface area contributed by atoms with Gasteiger partial charge in [-0.05, 0) is 12.8 Å². The number of nitrogens with zero attached hydrogens (tertiary/aromatic N) is 1. The first-order valence-corrected chi connectivity index (χ1v) is 5.05. The third-order valence-electron chi connectivity index (χ3n) is 1.84. The average Bonchev–Trinajstić information content (AvgIpc) is 2.34. The number of aliphatic carboxylic acids is 1. The molecule has 1 aromatic rings. The number of carboxylic acids is 1. The van der Waals surface area contributed by atoms with Crippen LogP contribution in [0.1, 0.15) is 30.5 Å². The molecule has 72 valence electrons. The zero-order valence-electron chi connectivity index (χ0n) is 7.94. The van der Waals surface area contributed by atoms with Crippen molar-refractivity contribution >= 4 is 17.3 Å². The van der Waals surface area contributed by atoms with Gasteiger partial charge in [-0.3, -0.25) is 4.79 Å². The molecule has 0 amide bonds. The van der Waals surface area contributed by atoms with Gasteiger partial charge in [-0.2, -0.15) is 0 Å². The Hall–Kier alpha value is -0.900. The molecule has 4 heteroatoms. The summed E-state index contributed by atoms with van der Waals surface area (Å²) in [6.07, 6.45) is 0. The second-order valence-electron chi connectivity index (χ2n) is 3.39. The van der Waals surface area contributed by atoms with E-state index in [0.29, 0.717) is 5.01 Å². The first-order valence-electron chi connectivity index (χ1n) is 4.17. The van der Waals surface area contributed by atoms with Crippen LogP contribution in [0.15, 0.2) is 5.38 Å². The van der Waals surface area contributed by atoms with Crippen molar-refractivity contribution in [3.05, 3.63) is 16.1 Å². The molecule has 1 unspecified atom stereocenters. The standard InChI is InChI=1S/C9H13NO2S/c1-5(2)7(9(11)12)8-10-6(3)4-13-8/h4-5,7H,1-3H3,(H,11,12). The Morgan fingerprint density at radius 1 is 1.62 bits per heavy atom. The molecule has 1 N–H and O–H groups in total. The topological polar surface area (TPSA) is 50.2 Å². The van der Waals surface area contributed by atoms with E-state index in [1.165, 1.54) is 11.3 Å². The van der Waals surface area contributed by atoms with E-state index in [1.807, 2.05) is 26.2 Å². The third-order valence-corrected chi connectivity index (χ3v) is 2.88. The molecule has 1 aromatic heterocycles. The van der Waals surface area contributed by atoms with Crippen LogP contribution < -0.4 is 0 Å². The van der Waals surface area contributed by atoms with E-state index in [0.717, 1.165) is 5.69 Å². The average molecular weight is 199 g/mol. The normalized spacial score (nSPS) is 13.2. The number of carboxylic acid groups (broad SMARTS) is 1. The van der Waals surface area contributed by atoms with E-state index in [2.05, 4.69) is 4.98 Å². The van der Waals surface area contributed by atoms with Gasteiger partial charge < -0.3 is 5.11 Å². The Labute approximate surface area is 81.4 Å². The van der Waals surface area contributed by atoms with Crippen molar-refractivity contribution < 1.29 is 9.90 Å². The highest BCUT2D eigenvalue weighted by atomic mass is 32.1. The number of aromatic nitrogens is 1. The summed E-state index contributed by atoms with van der Waals surface area (Å²) in [6, 6.07) is 0. The fourth-order valence-electron chi connectivity index (χ4n) is 1.19. The molecule has 0 spiro atoms. The number of thiazole rings is 1. The maximum Gasteiger partial charge on any atom is 0.313 e. The molecule has 0 radical (unpaired) electrons. The summed E-state index contributed by atoms with van der Waals surface area (Å²) in [6.45, 7) is 5.67. The van der Waals surface area contributed by atoms with Crippen LogP contribution in [-0.4, -0.2) is 16.1 Å². The van der Waals surface area contributed by atoms with E-state index < -0.39 is 11.9 Å². The number of aryl methyl sites for hydroxylation is 1. The largest absolute Gasteiger partial charge is 0.481 e. The first-order chi connectivity index (χ1) is 6.02. The van der Waals surface area contributed by atoms with Crippen LogP contribution in [0.5, 0.6) is 0 Å². The summed E-state index contributed by atoms with van der Waals surface area (Å²) in [5.74, 6) is -1.16. The number of rotatable bonds is 3. The van der Waals surface area contributed by atoms with Crippen LogP contribution in [-0.2, 0) is 4.79 Å². The smallest absolute Gasteiger partial charge is 0.313 e. The van der Waals surface area contributed by atoms with E-state index in [-0.39, 0.29) is 5.92 Å². The summed E-state index contributed by atoms with van der Waals surface area (Å²) >= 11 is 1.42. The van der Waals surface area contributed by atoms with Crippen LogP contribution in [0, 0.1) is 12.8 Å². The van der Waals surface area contributed by atoms with Gasteiger partial charge in [0.05, 0.1) is 0 Å². The minimum Gasteiger partial charge on any atom is -0.481 e. The molecule has 1 atom stereocenters. The van der Waals surface area contributed by atoms with Crippen molar-refractivity contribution in [2.75, 3.05) is 0 Å². The molecular weight excluding hydrogens is 186 g/mol. The van der Waals surface area contributed by atoms with Crippen molar-refractivity contribution in [1.82, 2.24) is 4.98 Å². The lowest BCUT2D eigenvalue weighted by atomic mass is 9.97. The monoisotopic (exact) mass is 199 g/mol. The van der Waals surface area contributed by atoms with Gasteiger partial charge in [-0.15, -0.1) is 11.3 Å². The highest BCUT2D eigenvalue weighted by molar-refractivity contribution is 7.09. The zero-order valence-corrected chi connectivity index (χ0v) is 8.76. The van der Waals surface area contributed by atoms with Gasteiger partial charge in [-0.25, -0.2) is 4.98 Å². The van der Waals surface area contributed by atoms with Crippen LogP contribution in [0.3, 0.4) is 0 Å². The van der Waals surface area contributed by atoms with Crippen LogP contribution >= 0.6 is 11.3 Å². The second-order valence-corrected chi connectivity index (χ2v) is 4.28. The molecule has 0 aliphatic heterocycles. The van der Waals surface area contributed by atoms with Crippen LogP contribution in [0.4, 0.5) is 0 Å². The van der Waals surface area contributed by atoms with Gasteiger partial charge in [0.25, 0.3) is 0 Å². The van der Waals surface area contributed by atoms with E-state index >= 15 is 0 Å². The summed E-state index contributed by atoms with van der Waals surface area (Å²) in [7, 11) is 0. The molecule has 1 rings (SSSR count). The molecule has 3 nitrogen and oxygen atoms in total. The third kappa shape index (κ3) is 2.28. The van der Waals surface area contributed by atoms with Gasteiger partial charge in [0.1, 0.15) is 10.9 Å². The lowest BCUT2D eigenvalue weighted by Crippen LogP contribution is -2.17. The number of carbonyl (C=O) groups is 1. The maximum atomic E-state index is 10.9. The highest BCUT2D eigenvalue weighted by Gasteiger charge is 2.26. The molecule has 0 saturated heterocycles. The second kappa shape index (κ2) is 3.87.